The van der Waals surface area contributed by atoms with Gasteiger partial charge in [-0.25, -0.2) is 0 Å². The van der Waals surface area contributed by atoms with Crippen LogP contribution in [0.2, 0.25) is 0 Å². The van der Waals surface area contributed by atoms with Crippen molar-refractivity contribution in [3.63, 3.8) is 0 Å². The maximum Gasteiger partial charge on any atom is 0.309 e. The second-order valence-corrected chi connectivity index (χ2v) is 4.96. The average molecular weight is 257 g/mol. The Morgan fingerprint density at radius 2 is 2.21 bits per heavy atom. The molecule has 1 heterocycles. The molecular weight excluding hydrogens is 242 g/mol. The van der Waals surface area contributed by atoms with E-state index in [0.29, 0.717) is 11.3 Å². The second-order valence-electron chi connectivity index (χ2n) is 4.96. The van der Waals surface area contributed by atoms with Gasteiger partial charge in [-0.1, -0.05) is 6.07 Å². The standard InChI is InChI=1S/C15H15NO3/c1-15(2)8-11(9-16)12-5-4-10(6-13(12)19-15)7-14(17)18-3/h4-6,8H,7H2,1-3H3. The summed E-state index contributed by atoms with van der Waals surface area (Å²) < 4.78 is 10.5. The molecule has 19 heavy (non-hydrogen) atoms. The Balaban J connectivity index is 2.39. The summed E-state index contributed by atoms with van der Waals surface area (Å²) >= 11 is 0. The second kappa shape index (κ2) is 4.77. The van der Waals surface area contributed by atoms with Gasteiger partial charge in [-0.15, -0.1) is 0 Å². The zero-order chi connectivity index (χ0) is 14.0. The summed E-state index contributed by atoms with van der Waals surface area (Å²) in [5.41, 5.74) is 1.63. The molecule has 0 aliphatic carbocycles. The Hall–Kier alpha value is -2.28. The van der Waals surface area contributed by atoms with Crippen LogP contribution >= 0.6 is 0 Å². The fourth-order valence-corrected chi connectivity index (χ4v) is 2.05. The number of fused-ring (bicyclic) bond motifs is 1. The van der Waals surface area contributed by atoms with Crippen molar-refractivity contribution in [3.8, 4) is 11.8 Å². The van der Waals surface area contributed by atoms with Crippen LogP contribution in [0.1, 0.15) is 25.0 Å². The molecule has 1 aromatic carbocycles. The molecule has 1 aliphatic heterocycles. The summed E-state index contributed by atoms with van der Waals surface area (Å²) in [6.07, 6.45) is 1.99. The van der Waals surface area contributed by atoms with Gasteiger partial charge < -0.3 is 9.47 Å². The van der Waals surface area contributed by atoms with Crippen LogP contribution in [-0.4, -0.2) is 18.7 Å². The summed E-state index contributed by atoms with van der Waals surface area (Å²) in [4.78, 5) is 11.3. The van der Waals surface area contributed by atoms with E-state index in [4.69, 9.17) is 4.74 Å². The number of carbonyl (C=O) groups is 1. The fraction of sp³-hybridized carbons (Fsp3) is 0.333. The lowest BCUT2D eigenvalue weighted by molar-refractivity contribution is -0.139. The van der Waals surface area contributed by atoms with Gasteiger partial charge in [-0.2, -0.15) is 5.26 Å². The van der Waals surface area contributed by atoms with Crippen LogP contribution in [0, 0.1) is 11.3 Å². The number of nitrogens with zero attached hydrogens (tertiary/aromatic N) is 1. The Morgan fingerprint density at radius 1 is 1.47 bits per heavy atom. The summed E-state index contributed by atoms with van der Waals surface area (Å²) in [5.74, 6) is 0.330. The first-order chi connectivity index (χ1) is 8.95. The molecule has 0 radical (unpaired) electrons. The summed E-state index contributed by atoms with van der Waals surface area (Å²) in [6.45, 7) is 3.78. The van der Waals surface area contributed by atoms with Crippen molar-refractivity contribution in [3.05, 3.63) is 35.4 Å². The molecule has 0 N–H and O–H groups in total. The van der Waals surface area contributed by atoms with Gasteiger partial charge in [0.2, 0.25) is 0 Å². The number of hydrogen-bond acceptors (Lipinski definition) is 4. The minimum Gasteiger partial charge on any atom is -0.483 e. The van der Waals surface area contributed by atoms with E-state index in [0.717, 1.165) is 11.1 Å². The number of benzene rings is 1. The zero-order valence-corrected chi connectivity index (χ0v) is 11.2. The fourth-order valence-electron chi connectivity index (χ4n) is 2.05. The van der Waals surface area contributed by atoms with Gasteiger partial charge in [-0.05, 0) is 37.6 Å². The van der Waals surface area contributed by atoms with Crippen molar-refractivity contribution in [1.82, 2.24) is 0 Å². The number of esters is 1. The molecule has 1 aliphatic rings. The van der Waals surface area contributed by atoms with Gasteiger partial charge in [0, 0.05) is 5.56 Å². The minimum atomic E-state index is -0.526. The highest BCUT2D eigenvalue weighted by Crippen LogP contribution is 2.36. The van der Waals surface area contributed by atoms with Crippen molar-refractivity contribution in [2.24, 2.45) is 0 Å². The predicted octanol–water partition coefficient (Wildman–Crippen LogP) is 2.48. The molecule has 4 heteroatoms. The third-order valence-corrected chi connectivity index (χ3v) is 2.90. The maximum absolute atomic E-state index is 11.3. The summed E-state index contributed by atoms with van der Waals surface area (Å²) in [6, 6.07) is 7.58. The Morgan fingerprint density at radius 3 is 2.84 bits per heavy atom. The molecule has 1 aromatic rings. The number of ether oxygens (including phenoxy) is 2. The normalized spacial score (nSPS) is 15.6. The van der Waals surface area contributed by atoms with E-state index in [-0.39, 0.29) is 12.4 Å². The highest BCUT2D eigenvalue weighted by molar-refractivity contribution is 5.83. The monoisotopic (exact) mass is 257 g/mol. The lowest BCUT2D eigenvalue weighted by Gasteiger charge is -2.29. The number of rotatable bonds is 2. The molecule has 0 amide bonds. The molecule has 4 nitrogen and oxygen atoms in total. The van der Waals surface area contributed by atoms with Crippen LogP contribution in [-0.2, 0) is 16.0 Å². The number of carbonyl (C=O) groups excluding carboxylic acids is 1. The lowest BCUT2D eigenvalue weighted by Crippen LogP contribution is -2.28. The molecule has 0 atom stereocenters. The molecule has 2 rings (SSSR count). The Kier molecular flexibility index (Phi) is 3.30. The van der Waals surface area contributed by atoms with E-state index in [9.17, 15) is 10.1 Å². The molecule has 0 bridgehead atoms. The average Bonchev–Trinajstić information content (AvgIpc) is 2.36. The van der Waals surface area contributed by atoms with Crippen molar-refractivity contribution in [2.45, 2.75) is 25.9 Å². The van der Waals surface area contributed by atoms with Gasteiger partial charge in [0.15, 0.2) is 0 Å². The van der Waals surface area contributed by atoms with Crippen molar-refractivity contribution in [1.29, 1.82) is 5.26 Å². The smallest absolute Gasteiger partial charge is 0.309 e. The van der Waals surface area contributed by atoms with E-state index in [1.807, 2.05) is 19.9 Å². The lowest BCUT2D eigenvalue weighted by atomic mass is 9.94. The van der Waals surface area contributed by atoms with Crippen molar-refractivity contribution in [2.75, 3.05) is 7.11 Å². The molecule has 0 spiro atoms. The van der Waals surface area contributed by atoms with Gasteiger partial charge in [-0.3, -0.25) is 4.79 Å². The van der Waals surface area contributed by atoms with E-state index in [2.05, 4.69) is 10.8 Å². The Labute approximate surface area is 112 Å². The highest BCUT2D eigenvalue weighted by atomic mass is 16.5. The number of allylic oxidation sites excluding steroid dienone is 1. The topological polar surface area (TPSA) is 59.3 Å². The SMILES string of the molecule is COC(=O)Cc1ccc2c(c1)OC(C)(C)C=C2C#N. The molecule has 0 saturated heterocycles. The molecule has 0 unspecified atom stereocenters. The van der Waals surface area contributed by atoms with E-state index < -0.39 is 5.60 Å². The van der Waals surface area contributed by atoms with Gasteiger partial charge >= 0.3 is 5.97 Å². The molecular formula is C15H15NO3. The van der Waals surface area contributed by atoms with Crippen LogP contribution in [0.4, 0.5) is 0 Å². The number of hydrogen-bond donors (Lipinski definition) is 0. The third kappa shape index (κ3) is 2.76. The maximum atomic E-state index is 11.3. The summed E-state index contributed by atoms with van der Waals surface area (Å²) in [5, 5.41) is 9.17. The third-order valence-electron chi connectivity index (χ3n) is 2.90. The summed E-state index contributed by atoms with van der Waals surface area (Å²) in [7, 11) is 1.36. The van der Waals surface area contributed by atoms with Crippen LogP contribution < -0.4 is 4.74 Å². The highest BCUT2D eigenvalue weighted by Gasteiger charge is 2.26. The first-order valence-corrected chi connectivity index (χ1v) is 5.97. The van der Waals surface area contributed by atoms with Gasteiger partial charge in [0.05, 0.1) is 25.2 Å². The first-order valence-electron chi connectivity index (χ1n) is 5.97. The minimum absolute atomic E-state index is 0.194. The molecule has 0 fully saturated rings. The van der Waals surface area contributed by atoms with E-state index in [1.54, 1.807) is 18.2 Å². The largest absolute Gasteiger partial charge is 0.483 e. The first kappa shape index (κ1) is 13.2. The van der Waals surface area contributed by atoms with Crippen LogP contribution in [0.25, 0.3) is 5.57 Å². The van der Waals surface area contributed by atoms with Gasteiger partial charge in [0.1, 0.15) is 11.4 Å². The van der Waals surface area contributed by atoms with Crippen LogP contribution in [0.3, 0.4) is 0 Å². The van der Waals surface area contributed by atoms with Gasteiger partial charge in [0.25, 0.3) is 0 Å². The Bertz CT molecular complexity index is 594. The molecule has 0 aromatic heterocycles. The van der Waals surface area contributed by atoms with E-state index in [1.165, 1.54) is 7.11 Å². The zero-order valence-electron chi connectivity index (χ0n) is 11.2. The molecule has 0 saturated carbocycles. The number of methoxy groups -OCH3 is 1. The molecule has 98 valence electrons. The van der Waals surface area contributed by atoms with Crippen molar-refractivity contribution < 1.29 is 14.3 Å². The van der Waals surface area contributed by atoms with Crippen molar-refractivity contribution >= 4 is 11.5 Å². The van der Waals surface area contributed by atoms with E-state index >= 15 is 0 Å². The van der Waals surface area contributed by atoms with Crippen LogP contribution in [0.15, 0.2) is 24.3 Å². The number of nitriles is 1. The predicted molar refractivity (Wildman–Crippen MR) is 70.5 cm³/mol. The van der Waals surface area contributed by atoms with Crippen LogP contribution in [0.5, 0.6) is 5.75 Å². The quantitative estimate of drug-likeness (QED) is 0.764.